The molecule has 3 N–H and O–H groups in total. The quantitative estimate of drug-likeness (QED) is 0.641. The maximum absolute atomic E-state index is 12.1. The number of carbonyl (C=O) groups excluding carboxylic acids is 2. The molecular weight excluding hydrogens is 390 g/mol. The number of benzene rings is 2. The van der Waals surface area contributed by atoms with Gasteiger partial charge in [0.05, 0.1) is 6.61 Å². The summed E-state index contributed by atoms with van der Waals surface area (Å²) >= 11 is 5.83. The molecule has 2 amide bonds. The number of nitrogens with one attached hydrogen (secondary N) is 1. The number of nitrogens with zero attached hydrogens (tertiary/aromatic N) is 1. The van der Waals surface area contributed by atoms with Crippen molar-refractivity contribution in [3.8, 4) is 5.75 Å². The Kier molecular flexibility index (Phi) is 7.36. The van der Waals surface area contributed by atoms with Crippen LogP contribution >= 0.6 is 11.6 Å². The van der Waals surface area contributed by atoms with Crippen molar-refractivity contribution in [1.29, 1.82) is 0 Å². The molecule has 0 unspecified atom stereocenters. The number of carbonyl (C=O) groups is 2. The van der Waals surface area contributed by atoms with Crippen molar-refractivity contribution in [2.45, 2.75) is 25.7 Å². The van der Waals surface area contributed by atoms with Crippen LogP contribution < -0.4 is 20.7 Å². The van der Waals surface area contributed by atoms with Gasteiger partial charge in [-0.05, 0) is 67.8 Å². The molecule has 1 aliphatic rings. The number of anilines is 2. The van der Waals surface area contributed by atoms with Crippen LogP contribution in [-0.2, 0) is 9.59 Å². The topological polar surface area (TPSA) is 84.7 Å². The molecule has 29 heavy (non-hydrogen) atoms. The number of hydrogen-bond donors (Lipinski definition) is 2. The summed E-state index contributed by atoms with van der Waals surface area (Å²) in [6, 6.07) is 14.9. The van der Waals surface area contributed by atoms with Crippen molar-refractivity contribution >= 4 is 34.8 Å². The van der Waals surface area contributed by atoms with E-state index in [4.69, 9.17) is 22.1 Å². The molecule has 1 saturated heterocycles. The Labute approximate surface area is 176 Å². The second kappa shape index (κ2) is 10.2. The summed E-state index contributed by atoms with van der Waals surface area (Å²) in [6.07, 6.45) is 2.58. The van der Waals surface area contributed by atoms with E-state index in [1.807, 2.05) is 24.3 Å². The first kappa shape index (κ1) is 21.0. The maximum Gasteiger partial charge on any atom is 0.224 e. The fourth-order valence-corrected chi connectivity index (χ4v) is 3.48. The summed E-state index contributed by atoms with van der Waals surface area (Å²) in [4.78, 5) is 25.6. The molecule has 0 saturated carbocycles. The Balaban J connectivity index is 1.38. The molecule has 2 aromatic carbocycles. The zero-order chi connectivity index (χ0) is 20.6. The number of halogens is 1. The fourth-order valence-electron chi connectivity index (χ4n) is 3.35. The highest BCUT2D eigenvalue weighted by Crippen LogP contribution is 2.24. The molecule has 1 heterocycles. The standard InChI is InChI=1S/C22H26ClN3O3/c23-17-3-9-20(10-4-17)29-15-1-2-21(27)25-18-5-7-19(8-6-18)26-13-11-16(12-14-26)22(24)28/h3-10,16H,1-2,11-15H2,(H2,24,28)(H,25,27). The number of rotatable bonds is 8. The second-order valence-electron chi connectivity index (χ2n) is 7.16. The first-order valence-electron chi connectivity index (χ1n) is 9.84. The van der Waals surface area contributed by atoms with Gasteiger partial charge in [0, 0.05) is 41.8 Å². The van der Waals surface area contributed by atoms with Crippen molar-refractivity contribution in [3.05, 3.63) is 53.6 Å². The minimum absolute atomic E-state index is 0.0199. The van der Waals surface area contributed by atoms with E-state index >= 15 is 0 Å². The summed E-state index contributed by atoms with van der Waals surface area (Å²) in [5.74, 6) is 0.472. The first-order chi connectivity index (χ1) is 14.0. The molecule has 6 nitrogen and oxygen atoms in total. The Bertz CT molecular complexity index is 816. The number of amides is 2. The lowest BCUT2D eigenvalue weighted by atomic mass is 9.96. The third-order valence-corrected chi connectivity index (χ3v) is 5.30. The van der Waals surface area contributed by atoms with Gasteiger partial charge in [-0.25, -0.2) is 0 Å². The van der Waals surface area contributed by atoms with Crippen molar-refractivity contribution in [2.24, 2.45) is 11.7 Å². The van der Waals surface area contributed by atoms with Gasteiger partial charge in [-0.2, -0.15) is 0 Å². The lowest BCUT2D eigenvalue weighted by Crippen LogP contribution is -2.38. The third kappa shape index (κ3) is 6.39. The van der Waals surface area contributed by atoms with E-state index in [2.05, 4.69) is 10.2 Å². The number of ether oxygens (including phenoxy) is 1. The predicted molar refractivity (Wildman–Crippen MR) is 115 cm³/mol. The Morgan fingerprint density at radius 2 is 1.72 bits per heavy atom. The second-order valence-corrected chi connectivity index (χ2v) is 7.60. The van der Waals surface area contributed by atoms with Gasteiger partial charge in [0.2, 0.25) is 11.8 Å². The highest BCUT2D eigenvalue weighted by molar-refractivity contribution is 6.30. The largest absolute Gasteiger partial charge is 0.494 e. The van der Waals surface area contributed by atoms with Gasteiger partial charge in [0.1, 0.15) is 5.75 Å². The zero-order valence-corrected chi connectivity index (χ0v) is 17.0. The monoisotopic (exact) mass is 415 g/mol. The summed E-state index contributed by atoms with van der Waals surface area (Å²) in [6.45, 7) is 2.09. The SMILES string of the molecule is NC(=O)C1CCN(c2ccc(NC(=O)CCCOc3ccc(Cl)cc3)cc2)CC1. The van der Waals surface area contributed by atoms with Crippen LogP contribution in [0.15, 0.2) is 48.5 Å². The number of piperidine rings is 1. The molecule has 0 atom stereocenters. The minimum atomic E-state index is -0.207. The summed E-state index contributed by atoms with van der Waals surface area (Å²) in [7, 11) is 0. The summed E-state index contributed by atoms with van der Waals surface area (Å²) in [5.41, 5.74) is 7.24. The van der Waals surface area contributed by atoms with Gasteiger partial charge in [-0.15, -0.1) is 0 Å². The van der Waals surface area contributed by atoms with E-state index in [-0.39, 0.29) is 17.7 Å². The van der Waals surface area contributed by atoms with Gasteiger partial charge in [0.25, 0.3) is 0 Å². The van der Waals surface area contributed by atoms with E-state index < -0.39 is 0 Å². The molecule has 154 valence electrons. The van der Waals surface area contributed by atoms with Crippen LogP contribution in [-0.4, -0.2) is 31.5 Å². The van der Waals surface area contributed by atoms with Crippen molar-refractivity contribution in [2.75, 3.05) is 29.9 Å². The van der Waals surface area contributed by atoms with Crippen LogP contribution in [0.3, 0.4) is 0 Å². The lowest BCUT2D eigenvalue weighted by Gasteiger charge is -2.32. The molecule has 0 aromatic heterocycles. The average molecular weight is 416 g/mol. The average Bonchev–Trinajstić information content (AvgIpc) is 2.73. The van der Waals surface area contributed by atoms with Crippen molar-refractivity contribution < 1.29 is 14.3 Å². The molecule has 7 heteroatoms. The first-order valence-corrected chi connectivity index (χ1v) is 10.2. The smallest absolute Gasteiger partial charge is 0.224 e. The van der Waals surface area contributed by atoms with Crippen molar-refractivity contribution in [3.63, 3.8) is 0 Å². The molecule has 0 radical (unpaired) electrons. The summed E-state index contributed by atoms with van der Waals surface area (Å²) in [5, 5.41) is 3.57. The van der Waals surface area contributed by atoms with Gasteiger partial charge < -0.3 is 20.7 Å². The third-order valence-electron chi connectivity index (χ3n) is 5.04. The fraction of sp³-hybridized carbons (Fsp3) is 0.364. The number of nitrogens with two attached hydrogens (primary N) is 1. The van der Waals surface area contributed by atoms with Gasteiger partial charge >= 0.3 is 0 Å². The minimum Gasteiger partial charge on any atom is -0.494 e. The van der Waals surface area contributed by atoms with Crippen LogP contribution in [0.1, 0.15) is 25.7 Å². The van der Waals surface area contributed by atoms with Crippen LogP contribution in [0.25, 0.3) is 0 Å². The van der Waals surface area contributed by atoms with E-state index in [1.165, 1.54) is 0 Å². The van der Waals surface area contributed by atoms with Crippen molar-refractivity contribution in [1.82, 2.24) is 0 Å². The Morgan fingerprint density at radius 1 is 1.07 bits per heavy atom. The number of hydrogen-bond acceptors (Lipinski definition) is 4. The normalized spacial score (nSPS) is 14.4. The van der Waals surface area contributed by atoms with E-state index in [9.17, 15) is 9.59 Å². The summed E-state index contributed by atoms with van der Waals surface area (Å²) < 4.78 is 5.59. The van der Waals surface area contributed by atoms with Crippen LogP contribution in [0, 0.1) is 5.92 Å². The lowest BCUT2D eigenvalue weighted by molar-refractivity contribution is -0.122. The molecule has 0 spiro atoms. The highest BCUT2D eigenvalue weighted by Gasteiger charge is 2.23. The number of primary amides is 1. The predicted octanol–water partition coefficient (Wildman–Crippen LogP) is 3.84. The molecular formula is C22H26ClN3O3. The van der Waals surface area contributed by atoms with Gasteiger partial charge in [-0.3, -0.25) is 9.59 Å². The Hall–Kier alpha value is -2.73. The van der Waals surface area contributed by atoms with Crippen LogP contribution in [0.4, 0.5) is 11.4 Å². The molecule has 0 bridgehead atoms. The Morgan fingerprint density at radius 3 is 2.34 bits per heavy atom. The molecule has 0 aliphatic carbocycles. The highest BCUT2D eigenvalue weighted by atomic mass is 35.5. The zero-order valence-electron chi connectivity index (χ0n) is 16.3. The molecule has 1 fully saturated rings. The van der Waals surface area contributed by atoms with E-state index in [1.54, 1.807) is 24.3 Å². The molecule has 3 rings (SSSR count). The van der Waals surface area contributed by atoms with Gasteiger partial charge in [0.15, 0.2) is 0 Å². The van der Waals surface area contributed by atoms with E-state index in [0.717, 1.165) is 43.1 Å². The van der Waals surface area contributed by atoms with Gasteiger partial charge in [-0.1, -0.05) is 11.6 Å². The maximum atomic E-state index is 12.1. The molecule has 2 aromatic rings. The van der Waals surface area contributed by atoms with Crippen LogP contribution in [0.5, 0.6) is 5.75 Å². The van der Waals surface area contributed by atoms with Crippen LogP contribution in [0.2, 0.25) is 5.02 Å². The van der Waals surface area contributed by atoms with E-state index in [0.29, 0.717) is 24.5 Å². The molecule has 1 aliphatic heterocycles.